The molecule has 0 unspecified atom stereocenters. The summed E-state index contributed by atoms with van der Waals surface area (Å²) >= 11 is 0. The zero-order chi connectivity index (χ0) is 13.0. The molecule has 4 aromatic rings. The van der Waals surface area contributed by atoms with E-state index in [4.69, 9.17) is 0 Å². The Labute approximate surface area is 112 Å². The van der Waals surface area contributed by atoms with Crippen LogP contribution in [0.5, 0.6) is 0 Å². The molecule has 0 spiro atoms. The fourth-order valence-electron chi connectivity index (χ4n) is 3.00. The van der Waals surface area contributed by atoms with E-state index in [2.05, 4.69) is 73.6 Å². The lowest BCUT2D eigenvalue weighted by atomic mass is 9.94. The summed E-state index contributed by atoms with van der Waals surface area (Å²) in [5.74, 6) is 0. The van der Waals surface area contributed by atoms with E-state index in [1.807, 2.05) is 0 Å². The van der Waals surface area contributed by atoms with Crippen molar-refractivity contribution in [3.8, 4) is 0 Å². The molecule has 0 atom stereocenters. The van der Waals surface area contributed by atoms with Gasteiger partial charge in [0.05, 0.1) is 0 Å². The Kier molecular flexibility index (Phi) is 2.02. The molecule has 4 aromatic carbocycles. The molecule has 0 aliphatic carbocycles. The van der Waals surface area contributed by atoms with Gasteiger partial charge in [-0.3, -0.25) is 0 Å². The summed E-state index contributed by atoms with van der Waals surface area (Å²) in [4.78, 5) is 2.16. The fraction of sp³-hybridized carbons (Fsp3) is 0.111. The van der Waals surface area contributed by atoms with Crippen LogP contribution in [0.4, 0.5) is 5.69 Å². The maximum Gasteiger partial charge on any atom is 0.0373 e. The maximum atomic E-state index is 2.27. The quantitative estimate of drug-likeness (QED) is 0.441. The van der Waals surface area contributed by atoms with Gasteiger partial charge in [0.2, 0.25) is 0 Å². The highest BCUT2D eigenvalue weighted by Crippen LogP contribution is 2.36. The molecule has 0 amide bonds. The van der Waals surface area contributed by atoms with Crippen molar-refractivity contribution in [1.82, 2.24) is 0 Å². The molecule has 0 aliphatic rings. The first-order chi connectivity index (χ1) is 9.24. The summed E-state index contributed by atoms with van der Waals surface area (Å²) in [5.41, 5.74) is 1.26. The predicted molar refractivity (Wildman–Crippen MR) is 84.5 cm³/mol. The van der Waals surface area contributed by atoms with E-state index in [0.717, 1.165) is 0 Å². The smallest absolute Gasteiger partial charge is 0.0373 e. The molecule has 0 heterocycles. The van der Waals surface area contributed by atoms with Gasteiger partial charge in [-0.25, -0.2) is 0 Å². The number of hydrogen-bond acceptors (Lipinski definition) is 1. The summed E-state index contributed by atoms with van der Waals surface area (Å²) in [6, 6.07) is 20.0. The van der Waals surface area contributed by atoms with Crippen molar-refractivity contribution in [3.63, 3.8) is 0 Å². The molecule has 19 heavy (non-hydrogen) atoms. The number of nitrogens with zero attached hydrogens (tertiary/aromatic N) is 1. The zero-order valence-corrected chi connectivity index (χ0v) is 11.1. The average Bonchev–Trinajstić information content (AvgIpc) is 2.44. The number of anilines is 1. The van der Waals surface area contributed by atoms with Crippen molar-refractivity contribution in [3.05, 3.63) is 54.6 Å². The van der Waals surface area contributed by atoms with Gasteiger partial charge in [-0.2, -0.15) is 0 Å². The summed E-state index contributed by atoms with van der Waals surface area (Å²) < 4.78 is 0. The third kappa shape index (κ3) is 1.42. The normalized spacial score (nSPS) is 11.7. The van der Waals surface area contributed by atoms with Crippen LogP contribution < -0.4 is 4.90 Å². The van der Waals surface area contributed by atoms with Gasteiger partial charge in [0.1, 0.15) is 0 Å². The van der Waals surface area contributed by atoms with Crippen LogP contribution in [0.3, 0.4) is 0 Å². The van der Waals surface area contributed by atoms with Crippen LogP contribution in [-0.2, 0) is 0 Å². The van der Waals surface area contributed by atoms with Gasteiger partial charge in [-0.05, 0) is 44.5 Å². The predicted octanol–water partition coefficient (Wildman–Crippen LogP) is 4.65. The van der Waals surface area contributed by atoms with Gasteiger partial charge in [0.15, 0.2) is 0 Å². The summed E-state index contributed by atoms with van der Waals surface area (Å²) in [5, 5.41) is 8.08. The highest BCUT2D eigenvalue weighted by Gasteiger charge is 2.09. The van der Waals surface area contributed by atoms with Crippen LogP contribution in [0, 0.1) is 0 Å². The van der Waals surface area contributed by atoms with Gasteiger partial charge < -0.3 is 4.90 Å². The Balaban J connectivity index is 2.28. The van der Waals surface area contributed by atoms with Crippen LogP contribution in [-0.4, -0.2) is 14.1 Å². The van der Waals surface area contributed by atoms with Crippen LogP contribution in [0.1, 0.15) is 0 Å². The topological polar surface area (TPSA) is 3.24 Å². The van der Waals surface area contributed by atoms with E-state index in [1.54, 1.807) is 0 Å². The molecule has 0 aliphatic heterocycles. The lowest BCUT2D eigenvalue weighted by Crippen LogP contribution is -2.08. The van der Waals surface area contributed by atoms with E-state index >= 15 is 0 Å². The first-order valence-corrected chi connectivity index (χ1v) is 6.59. The minimum absolute atomic E-state index is 1.26. The van der Waals surface area contributed by atoms with Gasteiger partial charge in [0, 0.05) is 19.8 Å². The molecule has 4 rings (SSSR count). The Morgan fingerprint density at radius 1 is 0.632 bits per heavy atom. The van der Waals surface area contributed by atoms with E-state index in [-0.39, 0.29) is 0 Å². The van der Waals surface area contributed by atoms with Gasteiger partial charge in [0.25, 0.3) is 0 Å². The van der Waals surface area contributed by atoms with Crippen molar-refractivity contribution >= 4 is 38.0 Å². The van der Waals surface area contributed by atoms with Crippen molar-refractivity contribution in [2.45, 2.75) is 0 Å². The molecule has 0 saturated carbocycles. The Hall–Kier alpha value is -2.28. The van der Waals surface area contributed by atoms with Crippen molar-refractivity contribution < 1.29 is 0 Å². The minimum Gasteiger partial charge on any atom is -0.378 e. The lowest BCUT2D eigenvalue weighted by Gasteiger charge is -2.16. The third-order valence-corrected chi connectivity index (χ3v) is 3.96. The highest BCUT2D eigenvalue weighted by molar-refractivity contribution is 6.23. The first kappa shape index (κ1) is 10.6. The second-order valence-electron chi connectivity index (χ2n) is 5.37. The molecule has 0 saturated heterocycles. The molecular weight excluding hydrogens is 230 g/mol. The fourth-order valence-corrected chi connectivity index (χ4v) is 3.00. The third-order valence-electron chi connectivity index (χ3n) is 3.96. The molecular formula is C18H15N. The SMILES string of the molecule is CN(C)c1cc2ccc3cccc4ccc(c1)c2c34. The summed E-state index contributed by atoms with van der Waals surface area (Å²) in [6.07, 6.45) is 0. The summed E-state index contributed by atoms with van der Waals surface area (Å²) in [6.45, 7) is 0. The molecule has 0 fully saturated rings. The lowest BCUT2D eigenvalue weighted by molar-refractivity contribution is 1.14. The molecule has 1 heteroatoms. The monoisotopic (exact) mass is 245 g/mol. The second kappa shape index (κ2) is 3.61. The molecule has 1 nitrogen and oxygen atoms in total. The zero-order valence-electron chi connectivity index (χ0n) is 11.1. The second-order valence-corrected chi connectivity index (χ2v) is 5.37. The minimum atomic E-state index is 1.26. The van der Waals surface area contributed by atoms with Crippen LogP contribution >= 0.6 is 0 Å². The van der Waals surface area contributed by atoms with Crippen molar-refractivity contribution in [1.29, 1.82) is 0 Å². The first-order valence-electron chi connectivity index (χ1n) is 6.59. The number of benzene rings is 4. The Morgan fingerprint density at radius 3 is 1.63 bits per heavy atom. The highest BCUT2D eigenvalue weighted by atomic mass is 15.1. The van der Waals surface area contributed by atoms with Crippen molar-refractivity contribution in [2.75, 3.05) is 19.0 Å². The maximum absolute atomic E-state index is 2.27. The van der Waals surface area contributed by atoms with E-state index in [9.17, 15) is 0 Å². The van der Waals surface area contributed by atoms with Crippen LogP contribution in [0.15, 0.2) is 54.6 Å². The molecule has 0 radical (unpaired) electrons. The number of rotatable bonds is 1. The molecule has 92 valence electrons. The molecule has 0 N–H and O–H groups in total. The molecule has 0 bridgehead atoms. The van der Waals surface area contributed by atoms with Gasteiger partial charge in [-0.1, -0.05) is 42.5 Å². The Bertz CT molecular complexity index is 826. The summed E-state index contributed by atoms with van der Waals surface area (Å²) in [7, 11) is 4.18. The standard InChI is InChI=1S/C18H15N/c1-19(2)16-10-14-8-6-12-4-3-5-13-7-9-15(11-16)18(14)17(12)13/h3-11H,1-2H3. The van der Waals surface area contributed by atoms with Crippen LogP contribution in [0.25, 0.3) is 32.3 Å². The van der Waals surface area contributed by atoms with E-state index in [0.29, 0.717) is 0 Å². The van der Waals surface area contributed by atoms with Crippen molar-refractivity contribution in [2.24, 2.45) is 0 Å². The largest absolute Gasteiger partial charge is 0.378 e. The Morgan fingerprint density at radius 2 is 1.11 bits per heavy atom. The molecule has 0 aromatic heterocycles. The number of hydrogen-bond donors (Lipinski definition) is 0. The van der Waals surface area contributed by atoms with E-state index < -0.39 is 0 Å². The van der Waals surface area contributed by atoms with Gasteiger partial charge >= 0.3 is 0 Å². The van der Waals surface area contributed by atoms with E-state index in [1.165, 1.54) is 38.0 Å². The average molecular weight is 245 g/mol. The van der Waals surface area contributed by atoms with Crippen LogP contribution in [0.2, 0.25) is 0 Å². The van der Waals surface area contributed by atoms with Gasteiger partial charge in [-0.15, -0.1) is 0 Å².